The number of nitriles is 2. The molecule has 1 atom stereocenters. The lowest BCUT2D eigenvalue weighted by molar-refractivity contribution is -0.151. The lowest BCUT2D eigenvalue weighted by atomic mass is 10.0. The van der Waals surface area contributed by atoms with E-state index < -0.39 is 24.0 Å². The lowest BCUT2D eigenvalue weighted by Gasteiger charge is -2.11. The second kappa shape index (κ2) is 6.44. The van der Waals surface area contributed by atoms with Crippen molar-refractivity contribution in [3.8, 4) is 12.1 Å². The van der Waals surface area contributed by atoms with Gasteiger partial charge in [-0.3, -0.25) is 4.79 Å². The van der Waals surface area contributed by atoms with Crippen molar-refractivity contribution in [3.63, 3.8) is 0 Å². The van der Waals surface area contributed by atoms with Gasteiger partial charge in [0.2, 0.25) is 5.78 Å². The molecule has 0 fully saturated rings. The van der Waals surface area contributed by atoms with Gasteiger partial charge in [-0.25, -0.2) is 9.18 Å². The molecule has 1 aromatic carbocycles. The van der Waals surface area contributed by atoms with Gasteiger partial charge in [-0.05, 0) is 32.0 Å². The number of alkyl halides is 1. The Balaban J connectivity index is 3.06. The summed E-state index contributed by atoms with van der Waals surface area (Å²) in [6, 6.07) is 7.02. The lowest BCUT2D eigenvalue weighted by Crippen LogP contribution is -2.29. The molecule has 0 aliphatic heterocycles. The summed E-state index contributed by atoms with van der Waals surface area (Å²) >= 11 is 0. The average Bonchev–Trinajstić information content (AvgIpc) is 2.44. The summed E-state index contributed by atoms with van der Waals surface area (Å²) in [6.45, 7) is 3.05. The number of carbonyl (C=O) groups is 2. The first-order valence-electron chi connectivity index (χ1n) is 5.73. The fourth-order valence-electron chi connectivity index (χ4n) is 1.44. The van der Waals surface area contributed by atoms with Crippen LogP contribution in [0.4, 0.5) is 4.39 Å². The van der Waals surface area contributed by atoms with Crippen LogP contribution in [-0.2, 0) is 9.53 Å². The number of hydrogen-bond acceptors (Lipinski definition) is 5. The molecule has 20 heavy (non-hydrogen) atoms. The van der Waals surface area contributed by atoms with Crippen molar-refractivity contribution in [1.82, 2.24) is 0 Å². The Kier molecular flexibility index (Phi) is 4.94. The molecule has 0 heterocycles. The standard InChI is InChI=1S/C14H11FN2O3/c1-8(2)20-14(19)12(15)13(18)11-4-9(6-16)3-10(5-11)7-17/h3-5,8,12H,1-2H3. The molecule has 6 heteroatoms. The van der Waals surface area contributed by atoms with Gasteiger partial charge in [-0.2, -0.15) is 10.5 Å². The molecular weight excluding hydrogens is 263 g/mol. The van der Waals surface area contributed by atoms with Crippen molar-refractivity contribution in [3.05, 3.63) is 34.9 Å². The third-order valence-corrected chi connectivity index (χ3v) is 2.26. The van der Waals surface area contributed by atoms with Gasteiger partial charge in [0.15, 0.2) is 0 Å². The maximum atomic E-state index is 13.7. The molecule has 1 rings (SSSR count). The number of benzene rings is 1. The second-order valence-electron chi connectivity index (χ2n) is 4.24. The normalized spacial score (nSPS) is 11.3. The number of Topliss-reactive ketones (excluding diaryl/α,β-unsaturated/α-hetero) is 1. The predicted octanol–water partition coefficient (Wildman–Crippen LogP) is 1.90. The molecule has 0 saturated carbocycles. The summed E-state index contributed by atoms with van der Waals surface area (Å²) in [7, 11) is 0. The van der Waals surface area contributed by atoms with Crippen LogP contribution in [0.1, 0.15) is 35.3 Å². The van der Waals surface area contributed by atoms with Crippen LogP contribution in [-0.4, -0.2) is 24.0 Å². The van der Waals surface area contributed by atoms with Crippen LogP contribution in [0, 0.1) is 22.7 Å². The first kappa shape index (κ1) is 15.3. The highest BCUT2D eigenvalue weighted by molar-refractivity contribution is 6.11. The van der Waals surface area contributed by atoms with Crippen LogP contribution in [0.2, 0.25) is 0 Å². The first-order valence-corrected chi connectivity index (χ1v) is 5.73. The number of nitrogens with zero attached hydrogens (tertiary/aromatic N) is 2. The third-order valence-electron chi connectivity index (χ3n) is 2.26. The van der Waals surface area contributed by atoms with Gasteiger partial charge in [0.1, 0.15) is 0 Å². The van der Waals surface area contributed by atoms with Crippen LogP contribution in [0.3, 0.4) is 0 Å². The van der Waals surface area contributed by atoms with Crippen LogP contribution in [0.25, 0.3) is 0 Å². The smallest absolute Gasteiger partial charge is 0.349 e. The number of rotatable bonds is 4. The van der Waals surface area contributed by atoms with E-state index in [0.29, 0.717) is 0 Å². The fourth-order valence-corrected chi connectivity index (χ4v) is 1.44. The maximum absolute atomic E-state index is 13.7. The van der Waals surface area contributed by atoms with Gasteiger partial charge >= 0.3 is 5.97 Å². The molecule has 0 aliphatic carbocycles. The summed E-state index contributed by atoms with van der Waals surface area (Å²) in [5.41, 5.74) is -0.137. The number of carbonyl (C=O) groups excluding carboxylic acids is 2. The Morgan fingerprint density at radius 2 is 1.65 bits per heavy atom. The summed E-state index contributed by atoms with van der Waals surface area (Å²) in [4.78, 5) is 23.1. The average molecular weight is 274 g/mol. The van der Waals surface area contributed by atoms with E-state index in [-0.39, 0.29) is 16.7 Å². The van der Waals surface area contributed by atoms with E-state index in [1.165, 1.54) is 19.9 Å². The Labute approximate surface area is 115 Å². The van der Waals surface area contributed by atoms with Crippen LogP contribution < -0.4 is 0 Å². The van der Waals surface area contributed by atoms with E-state index in [9.17, 15) is 14.0 Å². The Bertz CT molecular complexity index is 594. The monoisotopic (exact) mass is 274 g/mol. The summed E-state index contributed by atoms with van der Waals surface area (Å²) < 4.78 is 18.3. The topological polar surface area (TPSA) is 90.9 Å². The largest absolute Gasteiger partial charge is 0.460 e. The molecule has 5 nitrogen and oxygen atoms in total. The van der Waals surface area contributed by atoms with Gasteiger partial charge in [-0.1, -0.05) is 0 Å². The van der Waals surface area contributed by atoms with Crippen molar-refractivity contribution >= 4 is 11.8 Å². The summed E-state index contributed by atoms with van der Waals surface area (Å²) in [5, 5.41) is 17.5. The molecule has 1 unspecified atom stereocenters. The van der Waals surface area contributed by atoms with E-state index >= 15 is 0 Å². The minimum Gasteiger partial charge on any atom is -0.460 e. The highest BCUT2D eigenvalue weighted by Gasteiger charge is 2.29. The molecule has 0 N–H and O–H groups in total. The fraction of sp³-hybridized carbons (Fsp3) is 0.286. The number of ether oxygens (including phenoxy) is 1. The highest BCUT2D eigenvalue weighted by Crippen LogP contribution is 2.14. The molecule has 0 aromatic heterocycles. The van der Waals surface area contributed by atoms with Gasteiger partial charge in [0, 0.05) is 5.56 Å². The minimum absolute atomic E-state index is 0.0387. The molecule has 102 valence electrons. The van der Waals surface area contributed by atoms with Crippen LogP contribution in [0.15, 0.2) is 18.2 Å². The molecule has 1 aromatic rings. The maximum Gasteiger partial charge on any atom is 0.349 e. The first-order chi connectivity index (χ1) is 9.38. The molecule has 0 bridgehead atoms. The van der Waals surface area contributed by atoms with E-state index in [1.807, 2.05) is 0 Å². The Morgan fingerprint density at radius 3 is 2.05 bits per heavy atom. The van der Waals surface area contributed by atoms with E-state index in [2.05, 4.69) is 4.74 Å². The van der Waals surface area contributed by atoms with Gasteiger partial charge in [0.05, 0.1) is 29.4 Å². The van der Waals surface area contributed by atoms with Crippen LogP contribution >= 0.6 is 0 Å². The quantitative estimate of drug-likeness (QED) is 0.475. The molecule has 0 amide bonds. The van der Waals surface area contributed by atoms with Crippen molar-refractivity contribution < 1.29 is 18.7 Å². The van der Waals surface area contributed by atoms with Gasteiger partial charge in [-0.15, -0.1) is 0 Å². The van der Waals surface area contributed by atoms with Crippen molar-refractivity contribution in [2.45, 2.75) is 26.1 Å². The SMILES string of the molecule is CC(C)OC(=O)C(F)C(=O)c1cc(C#N)cc(C#N)c1. The van der Waals surface area contributed by atoms with Crippen LogP contribution in [0.5, 0.6) is 0 Å². The number of esters is 1. The van der Waals surface area contributed by atoms with Crippen molar-refractivity contribution in [2.24, 2.45) is 0 Å². The molecule has 0 spiro atoms. The third kappa shape index (κ3) is 3.63. The summed E-state index contributed by atoms with van der Waals surface area (Å²) in [5.74, 6) is -2.42. The zero-order valence-electron chi connectivity index (χ0n) is 10.9. The molecule has 0 saturated heterocycles. The Morgan fingerprint density at radius 1 is 1.15 bits per heavy atom. The predicted molar refractivity (Wildman–Crippen MR) is 66.3 cm³/mol. The molecule has 0 aliphatic rings. The number of ketones is 1. The van der Waals surface area contributed by atoms with Gasteiger partial charge < -0.3 is 4.74 Å². The van der Waals surface area contributed by atoms with E-state index in [0.717, 1.165) is 12.1 Å². The number of hydrogen-bond donors (Lipinski definition) is 0. The number of halogens is 1. The Hall–Kier alpha value is -2.73. The van der Waals surface area contributed by atoms with Crippen molar-refractivity contribution in [2.75, 3.05) is 0 Å². The molecular formula is C14H11FN2O3. The van der Waals surface area contributed by atoms with Crippen molar-refractivity contribution in [1.29, 1.82) is 10.5 Å². The zero-order valence-corrected chi connectivity index (χ0v) is 10.9. The van der Waals surface area contributed by atoms with E-state index in [4.69, 9.17) is 10.5 Å². The minimum atomic E-state index is -2.47. The van der Waals surface area contributed by atoms with Gasteiger partial charge in [0.25, 0.3) is 6.17 Å². The zero-order chi connectivity index (χ0) is 15.3. The second-order valence-corrected chi connectivity index (χ2v) is 4.24. The van der Waals surface area contributed by atoms with E-state index in [1.54, 1.807) is 12.1 Å². The highest BCUT2D eigenvalue weighted by atomic mass is 19.1. The summed E-state index contributed by atoms with van der Waals surface area (Å²) in [6.07, 6.45) is -3.02. The molecule has 0 radical (unpaired) electrons.